The van der Waals surface area contributed by atoms with Gasteiger partial charge in [0.15, 0.2) is 0 Å². The Morgan fingerprint density at radius 1 is 1.37 bits per heavy atom. The maximum absolute atomic E-state index is 12.0. The number of rotatable bonds is 4. The molecule has 106 valence electrons. The molecule has 0 aromatic carbocycles. The molecule has 2 rings (SSSR count). The van der Waals surface area contributed by atoms with Gasteiger partial charge in [-0.3, -0.25) is 4.79 Å². The summed E-state index contributed by atoms with van der Waals surface area (Å²) in [4.78, 5) is 15.2. The molecule has 1 aromatic heterocycles. The number of nitrogens with zero attached hydrogens (tertiary/aromatic N) is 1. The van der Waals surface area contributed by atoms with E-state index in [-0.39, 0.29) is 5.91 Å². The van der Waals surface area contributed by atoms with Gasteiger partial charge in [-0.1, -0.05) is 12.8 Å². The second-order valence-electron chi connectivity index (χ2n) is 5.08. The first kappa shape index (κ1) is 15.0. The molecule has 0 spiro atoms. The predicted octanol–water partition coefficient (Wildman–Crippen LogP) is 3.42. The van der Waals surface area contributed by atoms with E-state index in [0.717, 1.165) is 27.3 Å². The molecule has 0 aliphatic carbocycles. The van der Waals surface area contributed by atoms with E-state index in [2.05, 4.69) is 26.1 Å². The highest BCUT2D eigenvalue weighted by Gasteiger charge is 2.12. The van der Waals surface area contributed by atoms with Crippen LogP contribution in [0.15, 0.2) is 9.85 Å². The number of carbonyl (C=O) groups is 1. The second kappa shape index (κ2) is 7.41. The zero-order chi connectivity index (χ0) is 13.7. The smallest absolute Gasteiger partial charge is 0.261 e. The van der Waals surface area contributed by atoms with Crippen LogP contribution in [-0.4, -0.2) is 37.0 Å². The van der Waals surface area contributed by atoms with Crippen molar-refractivity contribution in [1.29, 1.82) is 0 Å². The van der Waals surface area contributed by atoms with Crippen LogP contribution in [0.5, 0.6) is 0 Å². The van der Waals surface area contributed by atoms with Gasteiger partial charge in [0.2, 0.25) is 0 Å². The number of amides is 1. The maximum atomic E-state index is 12.0. The SMILES string of the molecule is Cc1cc(C(=O)NCCN2CCCCCC2)sc1Br. The number of halogens is 1. The van der Waals surface area contributed by atoms with Gasteiger partial charge in [0, 0.05) is 13.1 Å². The quantitative estimate of drug-likeness (QED) is 0.907. The van der Waals surface area contributed by atoms with Crippen LogP contribution in [0.25, 0.3) is 0 Å². The molecule has 2 heterocycles. The molecule has 5 heteroatoms. The summed E-state index contributed by atoms with van der Waals surface area (Å²) >= 11 is 4.96. The highest BCUT2D eigenvalue weighted by atomic mass is 79.9. The molecule has 1 amide bonds. The number of hydrogen-bond acceptors (Lipinski definition) is 3. The largest absolute Gasteiger partial charge is 0.350 e. The third-order valence-corrected chi connectivity index (χ3v) is 5.63. The molecule has 1 aliphatic heterocycles. The van der Waals surface area contributed by atoms with Crippen molar-refractivity contribution in [1.82, 2.24) is 10.2 Å². The van der Waals surface area contributed by atoms with Crippen LogP contribution >= 0.6 is 27.3 Å². The number of hydrogen-bond donors (Lipinski definition) is 1. The van der Waals surface area contributed by atoms with Crippen molar-refractivity contribution in [2.24, 2.45) is 0 Å². The molecule has 1 saturated heterocycles. The third kappa shape index (κ3) is 4.58. The molecule has 1 aliphatic rings. The molecule has 3 nitrogen and oxygen atoms in total. The van der Waals surface area contributed by atoms with Gasteiger partial charge in [-0.15, -0.1) is 11.3 Å². The van der Waals surface area contributed by atoms with E-state index >= 15 is 0 Å². The molecule has 0 saturated carbocycles. The van der Waals surface area contributed by atoms with E-state index in [9.17, 15) is 4.79 Å². The van der Waals surface area contributed by atoms with Gasteiger partial charge in [-0.05, 0) is 60.4 Å². The van der Waals surface area contributed by atoms with Crippen LogP contribution in [0.2, 0.25) is 0 Å². The second-order valence-corrected chi connectivity index (χ2v) is 7.45. The Balaban J connectivity index is 1.74. The lowest BCUT2D eigenvalue weighted by atomic mass is 10.2. The van der Waals surface area contributed by atoms with Crippen molar-refractivity contribution in [2.75, 3.05) is 26.2 Å². The van der Waals surface area contributed by atoms with Gasteiger partial charge >= 0.3 is 0 Å². The highest BCUT2D eigenvalue weighted by molar-refractivity contribution is 9.11. The number of aryl methyl sites for hydroxylation is 1. The lowest BCUT2D eigenvalue weighted by Crippen LogP contribution is -2.35. The minimum absolute atomic E-state index is 0.0496. The first-order valence-corrected chi connectivity index (χ1v) is 8.54. The zero-order valence-electron chi connectivity index (χ0n) is 11.4. The Morgan fingerprint density at radius 3 is 2.63 bits per heavy atom. The molecule has 0 atom stereocenters. The van der Waals surface area contributed by atoms with Gasteiger partial charge in [0.25, 0.3) is 5.91 Å². The van der Waals surface area contributed by atoms with Gasteiger partial charge < -0.3 is 10.2 Å². The molecule has 0 bridgehead atoms. The van der Waals surface area contributed by atoms with Gasteiger partial charge in [0.1, 0.15) is 0 Å². The number of carbonyl (C=O) groups excluding carboxylic acids is 1. The molecule has 0 unspecified atom stereocenters. The van der Waals surface area contributed by atoms with Crippen LogP contribution < -0.4 is 5.32 Å². The Hall–Kier alpha value is -0.390. The van der Waals surface area contributed by atoms with Crippen molar-refractivity contribution < 1.29 is 4.79 Å². The molecule has 1 aromatic rings. The van der Waals surface area contributed by atoms with Crippen molar-refractivity contribution in [3.63, 3.8) is 0 Å². The van der Waals surface area contributed by atoms with Gasteiger partial charge in [-0.25, -0.2) is 0 Å². The van der Waals surface area contributed by atoms with Crippen LogP contribution in [0, 0.1) is 6.92 Å². The van der Waals surface area contributed by atoms with Crippen LogP contribution in [-0.2, 0) is 0 Å². The molecular formula is C14H21BrN2OS. The van der Waals surface area contributed by atoms with Crippen molar-refractivity contribution >= 4 is 33.2 Å². The van der Waals surface area contributed by atoms with E-state index < -0.39 is 0 Å². The summed E-state index contributed by atoms with van der Waals surface area (Å²) in [6.07, 6.45) is 5.30. The summed E-state index contributed by atoms with van der Waals surface area (Å²) < 4.78 is 1.05. The zero-order valence-corrected chi connectivity index (χ0v) is 13.8. The normalized spacial score (nSPS) is 17.2. The summed E-state index contributed by atoms with van der Waals surface area (Å²) in [5, 5.41) is 3.02. The molecular weight excluding hydrogens is 324 g/mol. The van der Waals surface area contributed by atoms with E-state index in [0.29, 0.717) is 0 Å². The molecule has 19 heavy (non-hydrogen) atoms. The first-order chi connectivity index (χ1) is 9.16. The van der Waals surface area contributed by atoms with E-state index in [1.165, 1.54) is 50.1 Å². The number of nitrogens with one attached hydrogen (secondary N) is 1. The monoisotopic (exact) mass is 344 g/mol. The third-order valence-electron chi connectivity index (χ3n) is 3.49. The highest BCUT2D eigenvalue weighted by Crippen LogP contribution is 2.27. The van der Waals surface area contributed by atoms with E-state index in [1.807, 2.05) is 13.0 Å². The Bertz CT molecular complexity index is 406. The van der Waals surface area contributed by atoms with Crippen molar-refractivity contribution in [3.05, 3.63) is 20.3 Å². The molecule has 1 N–H and O–H groups in total. The summed E-state index contributed by atoms with van der Waals surface area (Å²) in [7, 11) is 0. The fourth-order valence-electron chi connectivity index (χ4n) is 2.35. The Kier molecular flexibility index (Phi) is 5.85. The minimum Gasteiger partial charge on any atom is -0.350 e. The minimum atomic E-state index is 0.0496. The lowest BCUT2D eigenvalue weighted by Gasteiger charge is -2.19. The van der Waals surface area contributed by atoms with Gasteiger partial charge in [0.05, 0.1) is 8.66 Å². The predicted molar refractivity (Wildman–Crippen MR) is 84.0 cm³/mol. The fourth-order valence-corrected chi connectivity index (χ4v) is 3.80. The van der Waals surface area contributed by atoms with Crippen molar-refractivity contribution in [2.45, 2.75) is 32.6 Å². The standard InChI is InChI=1S/C14H21BrN2OS/c1-11-10-12(19-13(11)15)14(18)16-6-9-17-7-4-2-3-5-8-17/h10H,2-9H2,1H3,(H,16,18). The first-order valence-electron chi connectivity index (χ1n) is 6.93. The molecule has 0 radical (unpaired) electrons. The van der Waals surface area contributed by atoms with E-state index in [1.54, 1.807) is 0 Å². The van der Waals surface area contributed by atoms with E-state index in [4.69, 9.17) is 0 Å². The lowest BCUT2D eigenvalue weighted by molar-refractivity contribution is 0.0952. The molecule has 1 fully saturated rings. The number of likely N-dealkylation sites (tertiary alicyclic amines) is 1. The van der Waals surface area contributed by atoms with Crippen molar-refractivity contribution in [3.8, 4) is 0 Å². The van der Waals surface area contributed by atoms with Gasteiger partial charge in [-0.2, -0.15) is 0 Å². The van der Waals surface area contributed by atoms with Crippen LogP contribution in [0.1, 0.15) is 40.9 Å². The summed E-state index contributed by atoms with van der Waals surface area (Å²) in [6.45, 7) is 6.08. The van der Waals surface area contributed by atoms with Crippen LogP contribution in [0.4, 0.5) is 0 Å². The Labute approximate surface area is 127 Å². The maximum Gasteiger partial charge on any atom is 0.261 e. The summed E-state index contributed by atoms with van der Waals surface area (Å²) in [6, 6.07) is 1.94. The average Bonchev–Trinajstić information content (AvgIpc) is 2.61. The average molecular weight is 345 g/mol. The summed E-state index contributed by atoms with van der Waals surface area (Å²) in [5.74, 6) is 0.0496. The summed E-state index contributed by atoms with van der Waals surface area (Å²) in [5.41, 5.74) is 1.13. The Morgan fingerprint density at radius 2 is 2.05 bits per heavy atom. The van der Waals surface area contributed by atoms with Crippen LogP contribution in [0.3, 0.4) is 0 Å². The fraction of sp³-hybridized carbons (Fsp3) is 0.643. The topological polar surface area (TPSA) is 32.3 Å². The number of thiophene rings is 1.